The minimum Gasteiger partial charge on any atom is -0.342 e. The molecule has 2 aliphatic rings. The first-order valence-electron chi connectivity index (χ1n) is 11.7. The summed E-state index contributed by atoms with van der Waals surface area (Å²) in [6.45, 7) is 10.3. The van der Waals surface area contributed by atoms with E-state index in [-0.39, 0.29) is 5.91 Å². The summed E-state index contributed by atoms with van der Waals surface area (Å²) in [5, 5.41) is 7.30. The molecule has 1 atom stereocenters. The molecule has 4 rings (SSSR count). The van der Waals surface area contributed by atoms with E-state index in [2.05, 4.69) is 58.1 Å². The Morgan fingerprint density at radius 2 is 1.90 bits per heavy atom. The van der Waals surface area contributed by atoms with Crippen LogP contribution >= 0.6 is 12.2 Å². The van der Waals surface area contributed by atoms with Crippen LogP contribution in [-0.4, -0.2) is 63.2 Å². The summed E-state index contributed by atoms with van der Waals surface area (Å²) < 4.78 is 2.52. The van der Waals surface area contributed by atoms with Crippen molar-refractivity contribution < 1.29 is 4.79 Å². The normalized spacial score (nSPS) is 20.8. The molecule has 0 radical (unpaired) electrons. The minimum absolute atomic E-state index is 0.231. The van der Waals surface area contributed by atoms with E-state index in [1.54, 1.807) is 0 Å². The molecule has 0 aliphatic carbocycles. The van der Waals surface area contributed by atoms with Crippen molar-refractivity contribution in [2.75, 3.05) is 32.7 Å². The van der Waals surface area contributed by atoms with Gasteiger partial charge >= 0.3 is 0 Å². The van der Waals surface area contributed by atoms with Crippen LogP contribution in [0.25, 0.3) is 11.4 Å². The number of aromatic amines is 1. The number of aryl methyl sites for hydroxylation is 1. The molecule has 2 saturated heterocycles. The molecule has 168 valence electrons. The van der Waals surface area contributed by atoms with Crippen molar-refractivity contribution in [3.8, 4) is 11.4 Å². The molecule has 3 heterocycles. The van der Waals surface area contributed by atoms with Gasteiger partial charge in [-0.1, -0.05) is 36.8 Å². The number of amides is 1. The first kappa shape index (κ1) is 22.2. The van der Waals surface area contributed by atoms with Gasteiger partial charge in [0.25, 0.3) is 0 Å². The Labute approximate surface area is 190 Å². The lowest BCUT2D eigenvalue weighted by Crippen LogP contribution is -2.45. The zero-order valence-corrected chi connectivity index (χ0v) is 19.7. The third kappa shape index (κ3) is 5.63. The smallest absolute Gasteiger partial charge is 0.224 e. The SMILES string of the molecule is Cc1ccc(-c2n[nH]c(=S)n2CCC(=O)N2CCCC(CN3CCC(C)CC3)C2)cc1. The zero-order valence-electron chi connectivity index (χ0n) is 18.8. The highest BCUT2D eigenvalue weighted by Crippen LogP contribution is 2.23. The van der Waals surface area contributed by atoms with E-state index < -0.39 is 0 Å². The van der Waals surface area contributed by atoms with Crippen molar-refractivity contribution in [1.29, 1.82) is 0 Å². The Kier molecular flexibility index (Phi) is 7.23. The van der Waals surface area contributed by atoms with Gasteiger partial charge in [-0.3, -0.25) is 14.5 Å². The first-order chi connectivity index (χ1) is 15.0. The van der Waals surface area contributed by atoms with Crippen LogP contribution < -0.4 is 0 Å². The fourth-order valence-electron chi connectivity index (χ4n) is 4.86. The van der Waals surface area contributed by atoms with Gasteiger partial charge in [-0.25, -0.2) is 0 Å². The molecule has 0 saturated carbocycles. The van der Waals surface area contributed by atoms with E-state index in [0.717, 1.165) is 43.4 Å². The number of hydrogen-bond acceptors (Lipinski definition) is 4. The van der Waals surface area contributed by atoms with Crippen molar-refractivity contribution >= 4 is 18.1 Å². The maximum atomic E-state index is 13.0. The van der Waals surface area contributed by atoms with Crippen LogP contribution in [0.15, 0.2) is 24.3 Å². The molecule has 1 unspecified atom stereocenters. The van der Waals surface area contributed by atoms with Crippen LogP contribution in [0, 0.1) is 23.5 Å². The lowest BCUT2D eigenvalue weighted by Gasteiger charge is -2.38. The maximum Gasteiger partial charge on any atom is 0.224 e. The molecule has 0 spiro atoms. The van der Waals surface area contributed by atoms with Crippen LogP contribution in [0.5, 0.6) is 0 Å². The lowest BCUT2D eigenvalue weighted by atomic mass is 9.94. The number of H-pyrrole nitrogens is 1. The number of carbonyl (C=O) groups excluding carboxylic acids is 1. The maximum absolute atomic E-state index is 13.0. The van der Waals surface area contributed by atoms with Crippen molar-refractivity contribution in [2.24, 2.45) is 11.8 Å². The molecule has 2 aromatic rings. The summed E-state index contributed by atoms with van der Waals surface area (Å²) in [7, 11) is 0. The van der Waals surface area contributed by atoms with Crippen molar-refractivity contribution in [1.82, 2.24) is 24.6 Å². The largest absolute Gasteiger partial charge is 0.342 e. The van der Waals surface area contributed by atoms with Gasteiger partial charge in [0, 0.05) is 38.2 Å². The van der Waals surface area contributed by atoms with E-state index in [1.807, 2.05) is 4.57 Å². The molecular weight excluding hydrogens is 406 g/mol. The number of nitrogens with one attached hydrogen (secondary N) is 1. The molecule has 1 aromatic carbocycles. The quantitative estimate of drug-likeness (QED) is 0.680. The standard InChI is InChI=1S/C24H35N5OS/c1-18-5-7-21(8-6-18)23-25-26-24(31)29(23)15-11-22(30)28-12-3-4-20(17-28)16-27-13-9-19(2)10-14-27/h5-8,19-20H,3-4,9-17H2,1-2H3,(H,26,31). The molecule has 31 heavy (non-hydrogen) atoms. The summed E-state index contributed by atoms with van der Waals surface area (Å²) in [4.78, 5) is 17.7. The summed E-state index contributed by atoms with van der Waals surface area (Å²) in [5.41, 5.74) is 2.22. The predicted octanol–water partition coefficient (Wildman–Crippen LogP) is 4.28. The summed E-state index contributed by atoms with van der Waals surface area (Å²) in [6.07, 6.45) is 5.43. The van der Waals surface area contributed by atoms with Gasteiger partial charge in [0.2, 0.25) is 5.91 Å². The van der Waals surface area contributed by atoms with E-state index in [9.17, 15) is 4.79 Å². The second-order valence-electron chi connectivity index (χ2n) is 9.45. The van der Waals surface area contributed by atoms with Crippen molar-refractivity contribution in [2.45, 2.75) is 52.5 Å². The second-order valence-corrected chi connectivity index (χ2v) is 9.84. The molecule has 7 heteroatoms. The average Bonchev–Trinajstić information content (AvgIpc) is 3.14. The number of hydrogen-bond donors (Lipinski definition) is 1. The Balaban J connectivity index is 1.33. The lowest BCUT2D eigenvalue weighted by molar-refractivity contribution is -0.133. The fourth-order valence-corrected chi connectivity index (χ4v) is 5.09. The van der Waals surface area contributed by atoms with Crippen LogP contribution in [0.1, 0.15) is 44.6 Å². The van der Waals surface area contributed by atoms with Gasteiger partial charge in [-0.15, -0.1) is 0 Å². The molecule has 1 amide bonds. The Hall–Kier alpha value is -1.99. The van der Waals surface area contributed by atoms with Crippen LogP contribution in [0.4, 0.5) is 0 Å². The van der Waals surface area contributed by atoms with E-state index in [4.69, 9.17) is 12.2 Å². The topological polar surface area (TPSA) is 57.2 Å². The minimum atomic E-state index is 0.231. The molecule has 2 fully saturated rings. The van der Waals surface area contributed by atoms with Crippen LogP contribution in [0.2, 0.25) is 0 Å². The van der Waals surface area contributed by atoms with Gasteiger partial charge in [0.1, 0.15) is 0 Å². The zero-order chi connectivity index (χ0) is 21.8. The van der Waals surface area contributed by atoms with E-state index in [1.165, 1.54) is 37.9 Å². The number of likely N-dealkylation sites (tertiary alicyclic amines) is 2. The predicted molar refractivity (Wildman–Crippen MR) is 126 cm³/mol. The fraction of sp³-hybridized carbons (Fsp3) is 0.625. The Morgan fingerprint density at radius 3 is 2.65 bits per heavy atom. The van der Waals surface area contributed by atoms with Gasteiger partial charge < -0.3 is 9.80 Å². The molecular formula is C24H35N5OS. The average molecular weight is 442 g/mol. The molecule has 2 aliphatic heterocycles. The van der Waals surface area contributed by atoms with Crippen molar-refractivity contribution in [3.63, 3.8) is 0 Å². The summed E-state index contributed by atoms with van der Waals surface area (Å²) in [6, 6.07) is 8.24. The number of piperidine rings is 2. The number of rotatable bonds is 6. The van der Waals surface area contributed by atoms with Crippen LogP contribution in [-0.2, 0) is 11.3 Å². The highest BCUT2D eigenvalue weighted by molar-refractivity contribution is 7.71. The van der Waals surface area contributed by atoms with Gasteiger partial charge in [0.15, 0.2) is 10.6 Å². The summed E-state index contributed by atoms with van der Waals surface area (Å²) in [5.74, 6) is 2.49. The van der Waals surface area contributed by atoms with E-state index in [0.29, 0.717) is 23.7 Å². The molecule has 1 aromatic heterocycles. The summed E-state index contributed by atoms with van der Waals surface area (Å²) >= 11 is 5.44. The number of aromatic nitrogens is 3. The van der Waals surface area contributed by atoms with Gasteiger partial charge in [0.05, 0.1) is 0 Å². The Bertz CT molecular complexity index is 926. The van der Waals surface area contributed by atoms with Crippen molar-refractivity contribution in [3.05, 3.63) is 34.6 Å². The second kappa shape index (κ2) is 10.1. The van der Waals surface area contributed by atoms with Gasteiger partial charge in [-0.2, -0.15) is 5.10 Å². The van der Waals surface area contributed by atoms with E-state index >= 15 is 0 Å². The third-order valence-corrected chi connectivity index (χ3v) is 7.19. The molecule has 1 N–H and O–H groups in total. The van der Waals surface area contributed by atoms with Crippen LogP contribution in [0.3, 0.4) is 0 Å². The Morgan fingerprint density at radius 1 is 1.16 bits per heavy atom. The molecule has 6 nitrogen and oxygen atoms in total. The number of carbonyl (C=O) groups is 1. The monoisotopic (exact) mass is 441 g/mol. The first-order valence-corrected chi connectivity index (χ1v) is 12.1. The highest BCUT2D eigenvalue weighted by Gasteiger charge is 2.26. The third-order valence-electron chi connectivity index (χ3n) is 6.88. The highest BCUT2D eigenvalue weighted by atomic mass is 32.1. The molecule has 0 bridgehead atoms. The number of benzene rings is 1. The van der Waals surface area contributed by atoms with Gasteiger partial charge in [-0.05, 0) is 69.8 Å². The number of nitrogens with zero attached hydrogens (tertiary/aromatic N) is 4.